The molecule has 1 heterocycles. The van der Waals surface area contributed by atoms with Gasteiger partial charge in [0, 0.05) is 18.3 Å². The Morgan fingerprint density at radius 1 is 1.50 bits per heavy atom. The van der Waals surface area contributed by atoms with Crippen molar-refractivity contribution in [2.75, 3.05) is 13.6 Å². The van der Waals surface area contributed by atoms with Crippen molar-refractivity contribution in [1.29, 1.82) is 0 Å². The topological polar surface area (TPSA) is 45.1 Å². The third-order valence-electron chi connectivity index (χ3n) is 2.20. The summed E-state index contributed by atoms with van der Waals surface area (Å²) in [4.78, 5) is 4.19. The van der Waals surface area contributed by atoms with Crippen molar-refractivity contribution in [3.8, 4) is 0 Å². The van der Waals surface area contributed by atoms with E-state index in [1.165, 1.54) is 0 Å². The van der Waals surface area contributed by atoms with Gasteiger partial charge in [-0.1, -0.05) is 6.07 Å². The lowest BCUT2D eigenvalue weighted by Gasteiger charge is -2.22. The van der Waals surface area contributed by atoms with Crippen LogP contribution in [-0.4, -0.2) is 29.3 Å². The van der Waals surface area contributed by atoms with E-state index in [1.54, 1.807) is 6.20 Å². The van der Waals surface area contributed by atoms with Gasteiger partial charge < -0.3 is 10.4 Å². The van der Waals surface area contributed by atoms with Crippen molar-refractivity contribution in [3.05, 3.63) is 30.1 Å². The third kappa shape index (κ3) is 3.85. The Morgan fingerprint density at radius 2 is 2.29 bits per heavy atom. The summed E-state index contributed by atoms with van der Waals surface area (Å²) in [5, 5.41) is 13.0. The zero-order chi connectivity index (χ0) is 10.4. The second kappa shape index (κ2) is 5.08. The molecule has 0 spiro atoms. The van der Waals surface area contributed by atoms with Crippen LogP contribution in [0, 0.1) is 0 Å². The van der Waals surface area contributed by atoms with Crippen LogP contribution in [0.5, 0.6) is 0 Å². The van der Waals surface area contributed by atoms with E-state index in [4.69, 9.17) is 0 Å². The predicted molar refractivity (Wildman–Crippen MR) is 57.1 cm³/mol. The van der Waals surface area contributed by atoms with Gasteiger partial charge >= 0.3 is 0 Å². The fraction of sp³-hybridized carbons (Fsp3) is 0.545. The lowest BCUT2D eigenvalue weighted by molar-refractivity contribution is 0.0511. The Morgan fingerprint density at radius 3 is 2.86 bits per heavy atom. The van der Waals surface area contributed by atoms with Gasteiger partial charge in [0.2, 0.25) is 0 Å². The second-order valence-corrected chi connectivity index (χ2v) is 3.85. The first kappa shape index (κ1) is 11.1. The average Bonchev–Trinajstić information content (AvgIpc) is 2.16. The summed E-state index contributed by atoms with van der Waals surface area (Å²) < 4.78 is 0. The Bertz CT molecular complexity index is 259. The molecule has 0 radical (unpaired) electrons. The lowest BCUT2D eigenvalue weighted by atomic mass is 9.96. The first-order valence-corrected chi connectivity index (χ1v) is 4.91. The molecule has 0 fully saturated rings. The van der Waals surface area contributed by atoms with Gasteiger partial charge in [-0.15, -0.1) is 0 Å². The number of nitrogens with zero attached hydrogens (tertiary/aromatic N) is 1. The fourth-order valence-corrected chi connectivity index (χ4v) is 1.38. The highest BCUT2D eigenvalue weighted by molar-refractivity contribution is 5.06. The second-order valence-electron chi connectivity index (χ2n) is 3.85. The summed E-state index contributed by atoms with van der Waals surface area (Å²) >= 11 is 0. The van der Waals surface area contributed by atoms with Crippen LogP contribution in [0.15, 0.2) is 24.4 Å². The molecule has 2 N–H and O–H groups in total. The van der Waals surface area contributed by atoms with Gasteiger partial charge in [-0.05, 0) is 39.1 Å². The molecular formula is C11H18N2O. The van der Waals surface area contributed by atoms with Gasteiger partial charge in [-0.2, -0.15) is 0 Å². The standard InChI is InChI=1S/C11H18N2O/c1-11(14,6-8-12-2)9-10-5-3-4-7-13-10/h3-5,7,12,14H,6,8-9H2,1-2H3. The molecule has 3 nitrogen and oxygen atoms in total. The molecule has 0 aromatic carbocycles. The zero-order valence-electron chi connectivity index (χ0n) is 8.83. The molecule has 1 rings (SSSR count). The number of rotatable bonds is 5. The minimum absolute atomic E-state index is 0.607. The highest BCUT2D eigenvalue weighted by Gasteiger charge is 2.20. The van der Waals surface area contributed by atoms with Crippen molar-refractivity contribution >= 4 is 0 Å². The van der Waals surface area contributed by atoms with Gasteiger partial charge in [-0.25, -0.2) is 0 Å². The Balaban J connectivity index is 2.50. The molecule has 14 heavy (non-hydrogen) atoms. The maximum atomic E-state index is 10.0. The third-order valence-corrected chi connectivity index (χ3v) is 2.20. The number of aliphatic hydroxyl groups is 1. The van der Waals surface area contributed by atoms with E-state index in [2.05, 4.69) is 10.3 Å². The highest BCUT2D eigenvalue weighted by atomic mass is 16.3. The number of pyridine rings is 1. The van der Waals surface area contributed by atoms with Crippen LogP contribution in [0.4, 0.5) is 0 Å². The fourth-order valence-electron chi connectivity index (χ4n) is 1.38. The molecule has 78 valence electrons. The molecule has 0 aliphatic rings. The predicted octanol–water partition coefficient (Wildman–Crippen LogP) is 0.985. The van der Waals surface area contributed by atoms with Crippen LogP contribution in [-0.2, 0) is 6.42 Å². The van der Waals surface area contributed by atoms with Crippen LogP contribution in [0.2, 0.25) is 0 Å². The van der Waals surface area contributed by atoms with Crippen molar-refractivity contribution in [2.24, 2.45) is 0 Å². The molecule has 3 heteroatoms. The maximum absolute atomic E-state index is 10.0. The van der Waals surface area contributed by atoms with Crippen LogP contribution >= 0.6 is 0 Å². The molecule has 0 aliphatic heterocycles. The van der Waals surface area contributed by atoms with Gasteiger partial charge in [0.25, 0.3) is 0 Å². The van der Waals surface area contributed by atoms with E-state index >= 15 is 0 Å². The number of aromatic nitrogens is 1. The molecule has 0 aliphatic carbocycles. The van der Waals surface area contributed by atoms with Crippen LogP contribution in [0.25, 0.3) is 0 Å². The first-order chi connectivity index (χ1) is 6.64. The molecule has 0 bridgehead atoms. The highest BCUT2D eigenvalue weighted by Crippen LogP contribution is 2.14. The van der Waals surface area contributed by atoms with Gasteiger partial charge in [0.05, 0.1) is 5.60 Å². The number of nitrogens with one attached hydrogen (secondary N) is 1. The minimum atomic E-state index is -0.669. The molecule has 1 atom stereocenters. The van der Waals surface area contributed by atoms with Crippen molar-refractivity contribution in [3.63, 3.8) is 0 Å². The summed E-state index contributed by atoms with van der Waals surface area (Å²) in [7, 11) is 1.89. The molecule has 0 saturated heterocycles. The van der Waals surface area contributed by atoms with E-state index in [1.807, 2.05) is 32.2 Å². The zero-order valence-corrected chi connectivity index (χ0v) is 8.83. The normalized spacial score (nSPS) is 15.1. The molecule has 1 aromatic heterocycles. The maximum Gasteiger partial charge on any atom is 0.0687 e. The van der Waals surface area contributed by atoms with E-state index in [9.17, 15) is 5.11 Å². The van der Waals surface area contributed by atoms with Crippen molar-refractivity contribution < 1.29 is 5.11 Å². The minimum Gasteiger partial charge on any atom is -0.390 e. The quantitative estimate of drug-likeness (QED) is 0.734. The molecule has 1 unspecified atom stereocenters. The Labute approximate surface area is 85.2 Å². The lowest BCUT2D eigenvalue weighted by Crippen LogP contribution is -2.31. The van der Waals surface area contributed by atoms with Crippen molar-refractivity contribution in [1.82, 2.24) is 10.3 Å². The van der Waals surface area contributed by atoms with Gasteiger partial charge in [-0.3, -0.25) is 4.98 Å². The number of hydrogen-bond donors (Lipinski definition) is 2. The molecule has 0 amide bonds. The molecular weight excluding hydrogens is 176 g/mol. The molecule has 0 saturated carbocycles. The summed E-state index contributed by atoms with van der Waals surface area (Å²) in [6.45, 7) is 2.67. The summed E-state index contributed by atoms with van der Waals surface area (Å²) in [5.74, 6) is 0. The van der Waals surface area contributed by atoms with E-state index < -0.39 is 5.60 Å². The van der Waals surface area contributed by atoms with E-state index in [0.717, 1.165) is 18.7 Å². The van der Waals surface area contributed by atoms with E-state index in [0.29, 0.717) is 6.42 Å². The van der Waals surface area contributed by atoms with Crippen LogP contribution < -0.4 is 5.32 Å². The Kier molecular flexibility index (Phi) is 4.04. The van der Waals surface area contributed by atoms with Crippen molar-refractivity contribution in [2.45, 2.75) is 25.4 Å². The first-order valence-electron chi connectivity index (χ1n) is 4.91. The van der Waals surface area contributed by atoms with Gasteiger partial charge in [0.15, 0.2) is 0 Å². The number of hydrogen-bond acceptors (Lipinski definition) is 3. The average molecular weight is 194 g/mol. The Hall–Kier alpha value is -0.930. The van der Waals surface area contributed by atoms with Gasteiger partial charge in [0.1, 0.15) is 0 Å². The smallest absolute Gasteiger partial charge is 0.0687 e. The SMILES string of the molecule is CNCCC(C)(O)Cc1ccccn1. The largest absolute Gasteiger partial charge is 0.390 e. The molecule has 1 aromatic rings. The summed E-state index contributed by atoms with van der Waals surface area (Å²) in [6.07, 6.45) is 3.10. The van der Waals surface area contributed by atoms with E-state index in [-0.39, 0.29) is 0 Å². The monoisotopic (exact) mass is 194 g/mol. The van der Waals surface area contributed by atoms with Crippen LogP contribution in [0.3, 0.4) is 0 Å². The van der Waals surface area contributed by atoms with Crippen LogP contribution in [0.1, 0.15) is 19.0 Å². The summed E-state index contributed by atoms with van der Waals surface area (Å²) in [5.41, 5.74) is 0.269. The summed E-state index contributed by atoms with van der Waals surface area (Å²) in [6, 6.07) is 5.76.